The maximum absolute atomic E-state index is 13.9. The van der Waals surface area contributed by atoms with Crippen LogP contribution in [0.3, 0.4) is 0 Å². The fourth-order valence-electron chi connectivity index (χ4n) is 7.29. The molecule has 3 aliphatic heterocycles. The number of nitrogens with one attached hydrogen (secondary N) is 2. The summed E-state index contributed by atoms with van der Waals surface area (Å²) in [5, 5.41) is 17.1. The van der Waals surface area contributed by atoms with Gasteiger partial charge in [-0.15, -0.1) is 0 Å². The molecular formula is C37H50N4O7. The Morgan fingerprint density at radius 3 is 2.46 bits per heavy atom. The summed E-state index contributed by atoms with van der Waals surface area (Å²) in [6.07, 6.45) is 6.09. The smallest absolute Gasteiger partial charge is 0.248 e. The number of unbranched alkanes of at least 4 members (excludes halogenated alkanes) is 1. The molecule has 3 heterocycles. The van der Waals surface area contributed by atoms with Crippen molar-refractivity contribution in [2.45, 2.75) is 88.9 Å². The number of carbonyl (C=O) groups excluding carboxylic acids is 3. The second-order valence-electron chi connectivity index (χ2n) is 13.9. The van der Waals surface area contributed by atoms with Gasteiger partial charge in [0.1, 0.15) is 17.3 Å². The van der Waals surface area contributed by atoms with Crippen LogP contribution < -0.4 is 20.1 Å². The average molecular weight is 663 g/mol. The molecule has 11 nitrogen and oxygen atoms in total. The zero-order chi connectivity index (χ0) is 33.7. The maximum atomic E-state index is 13.9. The number of aliphatic hydroxyl groups is 1. The number of likely N-dealkylation sites (tertiary alicyclic amines) is 1. The third-order valence-electron chi connectivity index (χ3n) is 10.4. The van der Waals surface area contributed by atoms with Gasteiger partial charge in [0.2, 0.25) is 17.7 Å². The first-order valence-corrected chi connectivity index (χ1v) is 17.6. The van der Waals surface area contributed by atoms with E-state index in [0.717, 1.165) is 31.2 Å². The molecule has 1 spiro atoms. The van der Waals surface area contributed by atoms with Gasteiger partial charge in [0.05, 0.1) is 13.2 Å². The van der Waals surface area contributed by atoms with Crippen molar-refractivity contribution >= 4 is 23.4 Å². The molecule has 2 atom stereocenters. The summed E-state index contributed by atoms with van der Waals surface area (Å²) in [6.45, 7) is 5.80. The van der Waals surface area contributed by atoms with Gasteiger partial charge in [-0.2, -0.15) is 0 Å². The summed E-state index contributed by atoms with van der Waals surface area (Å²) in [7, 11) is 1.58. The van der Waals surface area contributed by atoms with Crippen molar-refractivity contribution < 1.29 is 33.7 Å². The Hall–Kier alpha value is -3.67. The summed E-state index contributed by atoms with van der Waals surface area (Å²) < 4.78 is 17.1. The van der Waals surface area contributed by atoms with Crippen molar-refractivity contribution in [1.29, 1.82) is 0 Å². The highest BCUT2D eigenvalue weighted by atomic mass is 16.5. The van der Waals surface area contributed by atoms with E-state index in [4.69, 9.17) is 14.2 Å². The SMILES string of the molecule is CCCCN1C(=O)[C@@H]([C@H](O)C2CCOCC2)NC(=O)C12CCN(Cc1ccc(Oc3ccc(NC(=O)CC4CC4)cc3OC)cc1)CC2. The average Bonchev–Trinajstić information content (AvgIpc) is 3.92. The van der Waals surface area contributed by atoms with Crippen LogP contribution in [0.4, 0.5) is 5.69 Å². The minimum absolute atomic E-state index is 0.0200. The fourth-order valence-corrected chi connectivity index (χ4v) is 7.29. The third-order valence-corrected chi connectivity index (χ3v) is 10.4. The molecule has 1 aliphatic carbocycles. The van der Waals surface area contributed by atoms with E-state index in [-0.39, 0.29) is 23.6 Å². The van der Waals surface area contributed by atoms with Crippen LogP contribution in [0.1, 0.15) is 70.3 Å². The molecule has 0 radical (unpaired) electrons. The molecule has 4 aliphatic rings. The van der Waals surface area contributed by atoms with E-state index in [1.165, 1.54) is 0 Å². The number of hydrogen-bond donors (Lipinski definition) is 3. The number of hydrogen-bond acceptors (Lipinski definition) is 8. The number of carbonyl (C=O) groups is 3. The van der Waals surface area contributed by atoms with Crippen molar-refractivity contribution in [3.05, 3.63) is 48.0 Å². The number of anilines is 1. The van der Waals surface area contributed by atoms with Crippen LogP contribution in [0.25, 0.3) is 0 Å². The lowest BCUT2D eigenvalue weighted by molar-refractivity contribution is -0.166. The summed E-state index contributed by atoms with van der Waals surface area (Å²) in [5.41, 5.74) is 0.908. The quantitative estimate of drug-likeness (QED) is 0.287. The van der Waals surface area contributed by atoms with Gasteiger partial charge in [-0.05, 0) is 86.6 Å². The summed E-state index contributed by atoms with van der Waals surface area (Å²) in [6, 6.07) is 12.4. The van der Waals surface area contributed by atoms with Gasteiger partial charge in [-0.25, -0.2) is 0 Å². The molecule has 0 bridgehead atoms. The van der Waals surface area contributed by atoms with E-state index in [1.807, 2.05) is 30.3 Å². The third kappa shape index (κ3) is 7.79. The highest BCUT2D eigenvalue weighted by molar-refractivity contribution is 6.00. The molecule has 1 saturated carbocycles. The predicted octanol–water partition coefficient (Wildman–Crippen LogP) is 4.48. The lowest BCUT2D eigenvalue weighted by Gasteiger charge is -2.52. The number of piperazine rings is 1. The van der Waals surface area contributed by atoms with Crippen molar-refractivity contribution in [2.75, 3.05) is 45.3 Å². The minimum atomic E-state index is -0.913. The molecule has 4 fully saturated rings. The van der Waals surface area contributed by atoms with Gasteiger partial charge >= 0.3 is 0 Å². The highest BCUT2D eigenvalue weighted by Crippen LogP contribution is 2.37. The zero-order valence-electron chi connectivity index (χ0n) is 28.2. The Bertz CT molecular complexity index is 1430. The van der Waals surface area contributed by atoms with Crippen molar-refractivity contribution in [2.24, 2.45) is 11.8 Å². The molecule has 48 heavy (non-hydrogen) atoms. The minimum Gasteiger partial charge on any atom is -0.493 e. The summed E-state index contributed by atoms with van der Waals surface area (Å²) in [4.78, 5) is 44.0. The lowest BCUT2D eigenvalue weighted by Crippen LogP contribution is -2.75. The number of ether oxygens (including phenoxy) is 3. The molecule has 0 unspecified atom stereocenters. The molecule has 2 aromatic rings. The monoisotopic (exact) mass is 662 g/mol. The van der Waals surface area contributed by atoms with Crippen molar-refractivity contribution in [1.82, 2.24) is 15.1 Å². The van der Waals surface area contributed by atoms with E-state index in [1.54, 1.807) is 24.1 Å². The number of rotatable bonds is 13. The predicted molar refractivity (Wildman–Crippen MR) is 181 cm³/mol. The van der Waals surface area contributed by atoms with Crippen LogP contribution in [-0.4, -0.2) is 90.3 Å². The lowest BCUT2D eigenvalue weighted by atomic mass is 9.79. The number of amides is 3. The first-order chi connectivity index (χ1) is 23.3. The highest BCUT2D eigenvalue weighted by Gasteiger charge is 2.55. The Balaban J connectivity index is 1.05. The summed E-state index contributed by atoms with van der Waals surface area (Å²) >= 11 is 0. The van der Waals surface area contributed by atoms with Crippen LogP contribution in [0.5, 0.6) is 17.2 Å². The second-order valence-corrected chi connectivity index (χ2v) is 13.9. The van der Waals surface area contributed by atoms with Gasteiger partial charge in [-0.3, -0.25) is 19.3 Å². The Kier molecular flexibility index (Phi) is 10.9. The Morgan fingerprint density at radius 2 is 1.79 bits per heavy atom. The van der Waals surface area contributed by atoms with E-state index >= 15 is 0 Å². The van der Waals surface area contributed by atoms with Gasteiger partial charge in [0.15, 0.2) is 11.5 Å². The normalized spacial score (nSPS) is 22.3. The summed E-state index contributed by atoms with van der Waals surface area (Å²) in [5.74, 6) is 1.94. The van der Waals surface area contributed by atoms with Gasteiger partial charge in [0.25, 0.3) is 0 Å². The van der Waals surface area contributed by atoms with Gasteiger partial charge in [0, 0.05) is 57.6 Å². The van der Waals surface area contributed by atoms with Crippen LogP contribution in [0, 0.1) is 11.8 Å². The van der Waals surface area contributed by atoms with E-state index < -0.39 is 17.7 Å². The van der Waals surface area contributed by atoms with Crippen molar-refractivity contribution in [3.63, 3.8) is 0 Å². The number of methoxy groups -OCH3 is 1. The molecule has 3 N–H and O–H groups in total. The molecule has 0 aromatic heterocycles. The van der Waals surface area contributed by atoms with Crippen LogP contribution in [-0.2, 0) is 25.7 Å². The standard InChI is InChI=1S/C37H50N4O7/c1-3-4-17-41-35(44)33(34(43)27-13-20-47-21-14-27)39-36(45)37(41)15-18-40(19-16-37)24-26-7-10-29(11-8-26)48-30-12-9-28(23-31(30)46-2)38-32(42)22-25-5-6-25/h7-12,23,25,27,33-34,43H,3-6,13-22,24H2,1-2H3,(H,38,42)(H,39,45)/t33-,34-/m1/s1. The molecule has 3 saturated heterocycles. The zero-order valence-corrected chi connectivity index (χ0v) is 28.2. The first kappa shape index (κ1) is 34.2. The van der Waals surface area contributed by atoms with Crippen LogP contribution in [0.15, 0.2) is 42.5 Å². The molecule has 3 amide bonds. The molecular weight excluding hydrogens is 612 g/mol. The number of aliphatic hydroxyl groups excluding tert-OH is 1. The largest absolute Gasteiger partial charge is 0.493 e. The Morgan fingerprint density at radius 1 is 1.06 bits per heavy atom. The van der Waals surface area contributed by atoms with Gasteiger partial charge < -0.3 is 34.9 Å². The number of nitrogens with zero attached hydrogens (tertiary/aromatic N) is 2. The number of benzene rings is 2. The van der Waals surface area contributed by atoms with Gasteiger partial charge in [-0.1, -0.05) is 25.5 Å². The second kappa shape index (κ2) is 15.3. The van der Waals surface area contributed by atoms with E-state index in [9.17, 15) is 19.5 Å². The molecule has 260 valence electrons. The van der Waals surface area contributed by atoms with E-state index in [0.29, 0.717) is 100 Å². The van der Waals surface area contributed by atoms with Crippen LogP contribution >= 0.6 is 0 Å². The molecule has 11 heteroatoms. The number of piperidine rings is 1. The van der Waals surface area contributed by atoms with Crippen LogP contribution in [0.2, 0.25) is 0 Å². The maximum Gasteiger partial charge on any atom is 0.248 e. The Labute approximate surface area is 283 Å². The van der Waals surface area contributed by atoms with Crippen molar-refractivity contribution in [3.8, 4) is 17.2 Å². The topological polar surface area (TPSA) is 130 Å². The fraction of sp³-hybridized carbons (Fsp3) is 0.595. The first-order valence-electron chi connectivity index (χ1n) is 17.6. The molecule has 2 aromatic carbocycles. The molecule has 6 rings (SSSR count). The van der Waals surface area contributed by atoms with E-state index in [2.05, 4.69) is 22.5 Å².